The monoisotopic (exact) mass is 188 g/mol. The normalized spacial score (nSPS) is 12.8. The quantitative estimate of drug-likeness (QED) is 0.248. The molecule has 0 bridgehead atoms. The summed E-state index contributed by atoms with van der Waals surface area (Å²) in [4.78, 5) is 4.22. The van der Waals surface area contributed by atoms with Crippen LogP contribution in [-0.2, 0) is 4.74 Å². The molecule has 0 aromatic carbocycles. The zero-order valence-electron chi connectivity index (χ0n) is 8.85. The third kappa shape index (κ3) is 5.43. The van der Waals surface area contributed by atoms with E-state index in [4.69, 9.17) is 10.6 Å². The van der Waals surface area contributed by atoms with E-state index in [1.54, 1.807) is 7.11 Å². The number of methoxy groups -OCH3 is 1. The molecule has 0 aliphatic carbocycles. The zero-order chi connectivity index (χ0) is 10.3. The number of nitrogens with two attached hydrogens (primary N) is 1. The summed E-state index contributed by atoms with van der Waals surface area (Å²) in [6.45, 7) is 7.27. The maximum Gasteiger partial charge on any atom is 0.205 e. The van der Waals surface area contributed by atoms with E-state index in [1.165, 1.54) is 0 Å². The molecular weight excluding hydrogens is 168 g/mol. The first-order valence-electron chi connectivity index (χ1n) is 4.36. The van der Waals surface area contributed by atoms with Crippen LogP contribution in [-0.4, -0.2) is 31.8 Å². The standard InChI is InChI=1S/C8H20N4O/c1-5-10-7(12-9)11-6-8(2,3)13-4/h5-6,9H2,1-4H3,(H2,10,11,12). The average Bonchev–Trinajstić information content (AvgIpc) is 2.12. The Balaban J connectivity index is 4.05. The molecule has 0 aliphatic rings. The zero-order valence-corrected chi connectivity index (χ0v) is 8.85. The minimum atomic E-state index is -0.252. The van der Waals surface area contributed by atoms with Crippen LogP contribution in [0.2, 0.25) is 0 Å². The van der Waals surface area contributed by atoms with Crippen molar-refractivity contribution in [3.63, 3.8) is 0 Å². The van der Waals surface area contributed by atoms with Gasteiger partial charge >= 0.3 is 0 Å². The molecule has 13 heavy (non-hydrogen) atoms. The molecule has 0 heterocycles. The number of nitrogens with one attached hydrogen (secondary N) is 2. The number of rotatable bonds is 4. The van der Waals surface area contributed by atoms with Crippen LogP contribution in [0.4, 0.5) is 0 Å². The van der Waals surface area contributed by atoms with Gasteiger partial charge in [0.25, 0.3) is 0 Å². The van der Waals surface area contributed by atoms with Gasteiger partial charge in [0.1, 0.15) is 0 Å². The van der Waals surface area contributed by atoms with Gasteiger partial charge in [-0.05, 0) is 20.8 Å². The fraction of sp³-hybridized carbons (Fsp3) is 0.875. The average molecular weight is 188 g/mol. The second-order valence-corrected chi connectivity index (χ2v) is 3.30. The Bertz CT molecular complexity index is 168. The third-order valence-corrected chi connectivity index (χ3v) is 1.65. The van der Waals surface area contributed by atoms with Crippen molar-refractivity contribution in [3.8, 4) is 0 Å². The van der Waals surface area contributed by atoms with Gasteiger partial charge in [0.15, 0.2) is 0 Å². The molecule has 0 radical (unpaired) electrons. The van der Waals surface area contributed by atoms with Gasteiger partial charge in [0, 0.05) is 13.7 Å². The molecule has 0 fully saturated rings. The van der Waals surface area contributed by atoms with E-state index >= 15 is 0 Å². The molecule has 4 N–H and O–H groups in total. The highest BCUT2D eigenvalue weighted by Gasteiger charge is 2.15. The highest BCUT2D eigenvalue weighted by Crippen LogP contribution is 2.06. The van der Waals surface area contributed by atoms with Gasteiger partial charge in [-0.1, -0.05) is 0 Å². The van der Waals surface area contributed by atoms with Crippen LogP contribution in [0.5, 0.6) is 0 Å². The van der Waals surface area contributed by atoms with Gasteiger partial charge in [-0.15, -0.1) is 0 Å². The minimum absolute atomic E-state index is 0.252. The molecule has 0 saturated heterocycles. The van der Waals surface area contributed by atoms with E-state index in [9.17, 15) is 0 Å². The molecule has 78 valence electrons. The van der Waals surface area contributed by atoms with Crippen LogP contribution in [0.25, 0.3) is 0 Å². The van der Waals surface area contributed by atoms with Crippen molar-refractivity contribution in [2.75, 3.05) is 20.2 Å². The SMILES string of the molecule is CCNC(=NCC(C)(C)OC)NN. The van der Waals surface area contributed by atoms with Crippen molar-refractivity contribution in [2.45, 2.75) is 26.4 Å². The maximum absolute atomic E-state index is 5.25. The van der Waals surface area contributed by atoms with Crippen LogP contribution in [0.1, 0.15) is 20.8 Å². The van der Waals surface area contributed by atoms with Gasteiger partial charge in [0.05, 0.1) is 12.1 Å². The van der Waals surface area contributed by atoms with Gasteiger partial charge in [0.2, 0.25) is 5.96 Å². The molecule has 0 atom stereocenters. The van der Waals surface area contributed by atoms with Crippen LogP contribution < -0.4 is 16.6 Å². The van der Waals surface area contributed by atoms with E-state index < -0.39 is 0 Å². The van der Waals surface area contributed by atoms with Crippen molar-refractivity contribution in [1.29, 1.82) is 0 Å². The third-order valence-electron chi connectivity index (χ3n) is 1.65. The summed E-state index contributed by atoms with van der Waals surface area (Å²) in [5, 5.41) is 2.99. The van der Waals surface area contributed by atoms with Gasteiger partial charge in [-0.3, -0.25) is 5.43 Å². The van der Waals surface area contributed by atoms with Gasteiger partial charge in [-0.25, -0.2) is 10.8 Å². The molecule has 0 amide bonds. The Kier molecular flexibility index (Phi) is 5.41. The number of hydrogen-bond acceptors (Lipinski definition) is 3. The molecule has 5 nitrogen and oxygen atoms in total. The summed E-state index contributed by atoms with van der Waals surface area (Å²) in [6, 6.07) is 0. The van der Waals surface area contributed by atoms with Crippen molar-refractivity contribution in [1.82, 2.24) is 10.7 Å². The van der Waals surface area contributed by atoms with Crippen LogP contribution in [0, 0.1) is 0 Å². The highest BCUT2D eigenvalue weighted by molar-refractivity contribution is 5.79. The molecular formula is C8H20N4O. The predicted octanol–water partition coefficient (Wildman–Crippen LogP) is -0.160. The Hall–Kier alpha value is -0.810. The Morgan fingerprint density at radius 3 is 2.54 bits per heavy atom. The first-order valence-corrected chi connectivity index (χ1v) is 4.36. The second-order valence-electron chi connectivity index (χ2n) is 3.30. The largest absolute Gasteiger partial charge is 0.377 e. The van der Waals surface area contributed by atoms with E-state index in [-0.39, 0.29) is 5.60 Å². The fourth-order valence-corrected chi connectivity index (χ4v) is 0.654. The summed E-state index contributed by atoms with van der Waals surface area (Å²) in [5.74, 6) is 5.84. The second kappa shape index (κ2) is 5.77. The van der Waals surface area contributed by atoms with Crippen LogP contribution in [0.3, 0.4) is 0 Å². The fourth-order valence-electron chi connectivity index (χ4n) is 0.654. The van der Waals surface area contributed by atoms with E-state index in [1.807, 2.05) is 20.8 Å². The van der Waals surface area contributed by atoms with Gasteiger partial charge in [-0.2, -0.15) is 0 Å². The van der Waals surface area contributed by atoms with Crippen LogP contribution >= 0.6 is 0 Å². The van der Waals surface area contributed by atoms with Crippen LogP contribution in [0.15, 0.2) is 4.99 Å². The lowest BCUT2D eigenvalue weighted by atomic mass is 10.1. The molecule has 0 spiro atoms. The molecule has 0 saturated carbocycles. The Morgan fingerprint density at radius 2 is 2.15 bits per heavy atom. The van der Waals surface area contributed by atoms with Gasteiger partial charge < -0.3 is 10.1 Å². The predicted molar refractivity (Wildman–Crippen MR) is 54.4 cm³/mol. The van der Waals surface area contributed by atoms with E-state index in [0.29, 0.717) is 12.5 Å². The molecule has 0 rings (SSSR count). The summed E-state index contributed by atoms with van der Waals surface area (Å²) in [5.41, 5.74) is 2.23. The maximum atomic E-state index is 5.25. The topological polar surface area (TPSA) is 71.7 Å². The minimum Gasteiger partial charge on any atom is -0.377 e. The van der Waals surface area contributed by atoms with Crippen molar-refractivity contribution >= 4 is 5.96 Å². The molecule has 0 aliphatic heterocycles. The lowest BCUT2D eigenvalue weighted by Crippen LogP contribution is -2.42. The van der Waals surface area contributed by atoms with E-state index in [2.05, 4.69) is 15.7 Å². The lowest BCUT2D eigenvalue weighted by molar-refractivity contribution is 0.0311. The number of hydrazine groups is 1. The van der Waals surface area contributed by atoms with E-state index in [0.717, 1.165) is 6.54 Å². The summed E-state index contributed by atoms with van der Waals surface area (Å²) in [7, 11) is 1.66. The van der Waals surface area contributed by atoms with Crippen molar-refractivity contribution in [2.24, 2.45) is 10.8 Å². The van der Waals surface area contributed by atoms with Crippen molar-refractivity contribution < 1.29 is 4.74 Å². The first-order chi connectivity index (χ1) is 6.05. The van der Waals surface area contributed by atoms with Crippen molar-refractivity contribution in [3.05, 3.63) is 0 Å². The molecule has 0 aromatic heterocycles. The highest BCUT2D eigenvalue weighted by atomic mass is 16.5. The Labute approximate surface area is 79.7 Å². The first kappa shape index (κ1) is 12.2. The molecule has 0 unspecified atom stereocenters. The number of hydrogen-bond donors (Lipinski definition) is 3. The smallest absolute Gasteiger partial charge is 0.205 e. The number of ether oxygens (including phenoxy) is 1. The summed E-state index contributed by atoms with van der Waals surface area (Å²) >= 11 is 0. The Morgan fingerprint density at radius 1 is 1.54 bits per heavy atom. The lowest BCUT2D eigenvalue weighted by Gasteiger charge is -2.20. The molecule has 5 heteroatoms. The molecule has 0 aromatic rings. The summed E-state index contributed by atoms with van der Waals surface area (Å²) < 4.78 is 5.21. The number of nitrogens with zero attached hydrogens (tertiary/aromatic N) is 1. The summed E-state index contributed by atoms with van der Waals surface area (Å²) in [6.07, 6.45) is 0. The number of guanidine groups is 1. The number of aliphatic imine (C=N–C) groups is 1.